The quantitative estimate of drug-likeness (QED) is 0.911. The zero-order valence-corrected chi connectivity index (χ0v) is 13.4. The molecule has 0 aromatic heterocycles. The average Bonchev–Trinajstić information content (AvgIpc) is 2.94. The molecule has 0 radical (unpaired) electrons. The van der Waals surface area contributed by atoms with Gasteiger partial charge >= 0.3 is 0 Å². The van der Waals surface area contributed by atoms with Crippen LogP contribution in [-0.2, 0) is 6.42 Å². The first-order valence-corrected chi connectivity index (χ1v) is 8.82. The van der Waals surface area contributed by atoms with Crippen molar-refractivity contribution in [2.75, 3.05) is 19.6 Å². The largest absolute Gasteiger partial charge is 0.312 e. The summed E-state index contributed by atoms with van der Waals surface area (Å²) in [5.41, 5.74) is 1.46. The van der Waals surface area contributed by atoms with Gasteiger partial charge in [-0.05, 0) is 50.6 Å². The predicted octanol–water partition coefficient (Wildman–Crippen LogP) is 3.47. The second kappa shape index (κ2) is 7.42. The molecule has 1 saturated heterocycles. The van der Waals surface area contributed by atoms with Gasteiger partial charge in [-0.25, -0.2) is 0 Å². The molecule has 1 aliphatic carbocycles. The summed E-state index contributed by atoms with van der Waals surface area (Å²) in [6.07, 6.45) is 8.28. The molecule has 1 N–H and O–H groups in total. The summed E-state index contributed by atoms with van der Waals surface area (Å²) in [5.74, 6) is 0.961. The van der Waals surface area contributed by atoms with E-state index in [0.717, 1.165) is 18.4 Å². The van der Waals surface area contributed by atoms with Crippen LogP contribution in [0.5, 0.6) is 0 Å². The predicted molar refractivity (Wildman–Crippen MR) is 89.5 cm³/mol. The van der Waals surface area contributed by atoms with Gasteiger partial charge in [-0.1, -0.05) is 43.2 Å². The fraction of sp³-hybridized carbons (Fsp3) is 0.684. The third-order valence-corrected chi connectivity index (χ3v) is 5.37. The van der Waals surface area contributed by atoms with Crippen molar-refractivity contribution in [3.63, 3.8) is 0 Å². The molecule has 1 aliphatic heterocycles. The van der Waals surface area contributed by atoms with Gasteiger partial charge in [0.2, 0.25) is 0 Å². The Kier molecular flexibility index (Phi) is 5.32. The van der Waals surface area contributed by atoms with E-state index in [-0.39, 0.29) is 0 Å². The van der Waals surface area contributed by atoms with E-state index in [0.29, 0.717) is 6.04 Å². The monoisotopic (exact) mass is 286 g/mol. The number of benzene rings is 1. The highest BCUT2D eigenvalue weighted by Crippen LogP contribution is 2.27. The van der Waals surface area contributed by atoms with Gasteiger partial charge in [-0.2, -0.15) is 0 Å². The molecule has 0 spiro atoms. The average molecular weight is 286 g/mol. The van der Waals surface area contributed by atoms with Crippen molar-refractivity contribution in [2.45, 2.75) is 57.5 Å². The van der Waals surface area contributed by atoms with Gasteiger partial charge in [-0.15, -0.1) is 0 Å². The lowest BCUT2D eigenvalue weighted by molar-refractivity contribution is 0.173. The van der Waals surface area contributed by atoms with Crippen LogP contribution in [0.4, 0.5) is 0 Å². The van der Waals surface area contributed by atoms with Crippen LogP contribution < -0.4 is 5.32 Å². The van der Waals surface area contributed by atoms with Gasteiger partial charge in [0.25, 0.3) is 0 Å². The summed E-state index contributed by atoms with van der Waals surface area (Å²) in [6, 6.07) is 12.3. The van der Waals surface area contributed by atoms with E-state index in [2.05, 4.69) is 47.5 Å². The molecule has 1 heterocycles. The smallest absolute Gasteiger partial charge is 0.0235 e. The molecule has 1 saturated carbocycles. The molecule has 0 amide bonds. The van der Waals surface area contributed by atoms with Crippen molar-refractivity contribution in [2.24, 2.45) is 5.92 Å². The van der Waals surface area contributed by atoms with Crippen LogP contribution in [0.3, 0.4) is 0 Å². The first kappa shape index (κ1) is 15.1. The Morgan fingerprint density at radius 3 is 2.62 bits per heavy atom. The van der Waals surface area contributed by atoms with Gasteiger partial charge in [0, 0.05) is 25.2 Å². The van der Waals surface area contributed by atoms with E-state index in [9.17, 15) is 0 Å². The van der Waals surface area contributed by atoms with Crippen LogP contribution in [0, 0.1) is 5.92 Å². The lowest BCUT2D eigenvalue weighted by Crippen LogP contribution is -2.43. The molecular formula is C19H30N2. The van der Waals surface area contributed by atoms with Crippen LogP contribution >= 0.6 is 0 Å². The summed E-state index contributed by atoms with van der Waals surface area (Å²) in [5, 5.41) is 3.77. The first-order chi connectivity index (χ1) is 10.3. The Morgan fingerprint density at radius 1 is 1.10 bits per heavy atom. The van der Waals surface area contributed by atoms with Gasteiger partial charge in [0.1, 0.15) is 0 Å². The fourth-order valence-electron chi connectivity index (χ4n) is 4.02. The van der Waals surface area contributed by atoms with E-state index in [1.807, 2.05) is 0 Å². The Morgan fingerprint density at radius 2 is 1.86 bits per heavy atom. The third kappa shape index (κ3) is 4.31. The van der Waals surface area contributed by atoms with E-state index >= 15 is 0 Å². The summed E-state index contributed by atoms with van der Waals surface area (Å²) in [4.78, 5) is 2.77. The minimum atomic E-state index is 0.610. The van der Waals surface area contributed by atoms with E-state index in [1.54, 1.807) is 0 Å². The normalized spacial score (nSPS) is 28.6. The van der Waals surface area contributed by atoms with Crippen molar-refractivity contribution in [1.29, 1.82) is 0 Å². The van der Waals surface area contributed by atoms with Crippen LogP contribution in [0.25, 0.3) is 0 Å². The SMILES string of the molecule is CC1CCNC(Cc2ccccc2)CN1CC1CCCC1. The van der Waals surface area contributed by atoms with Crippen LogP contribution in [0.1, 0.15) is 44.6 Å². The standard InChI is InChI=1S/C19H30N2/c1-16-11-12-20-19(13-17-7-3-2-4-8-17)15-21(16)14-18-9-5-6-10-18/h2-4,7-8,16,18-20H,5-6,9-15H2,1H3. The zero-order chi connectivity index (χ0) is 14.5. The van der Waals surface area contributed by atoms with Crippen LogP contribution in [0.15, 0.2) is 30.3 Å². The Labute approximate surface area is 129 Å². The van der Waals surface area contributed by atoms with Crippen molar-refractivity contribution in [1.82, 2.24) is 10.2 Å². The maximum absolute atomic E-state index is 3.77. The molecule has 1 aromatic carbocycles. The van der Waals surface area contributed by atoms with Gasteiger partial charge < -0.3 is 5.32 Å². The van der Waals surface area contributed by atoms with E-state index < -0.39 is 0 Å². The number of hydrogen-bond acceptors (Lipinski definition) is 2. The van der Waals surface area contributed by atoms with E-state index in [1.165, 1.54) is 57.3 Å². The molecule has 2 heteroatoms. The molecule has 1 aromatic rings. The molecule has 2 fully saturated rings. The molecule has 3 rings (SSSR count). The van der Waals surface area contributed by atoms with Gasteiger partial charge in [0.05, 0.1) is 0 Å². The molecule has 2 aliphatic rings. The van der Waals surface area contributed by atoms with Crippen LogP contribution in [-0.4, -0.2) is 36.6 Å². The maximum atomic E-state index is 3.77. The summed E-state index contributed by atoms with van der Waals surface area (Å²) < 4.78 is 0. The Bertz CT molecular complexity index is 411. The summed E-state index contributed by atoms with van der Waals surface area (Å²) >= 11 is 0. The topological polar surface area (TPSA) is 15.3 Å². The fourth-order valence-corrected chi connectivity index (χ4v) is 4.02. The number of nitrogens with one attached hydrogen (secondary N) is 1. The lowest BCUT2D eigenvalue weighted by Gasteiger charge is -2.31. The third-order valence-electron chi connectivity index (χ3n) is 5.37. The van der Waals surface area contributed by atoms with E-state index in [4.69, 9.17) is 0 Å². The molecule has 2 nitrogen and oxygen atoms in total. The highest BCUT2D eigenvalue weighted by Gasteiger charge is 2.26. The number of nitrogens with zero attached hydrogens (tertiary/aromatic N) is 1. The van der Waals surface area contributed by atoms with Crippen molar-refractivity contribution in [3.8, 4) is 0 Å². The van der Waals surface area contributed by atoms with Crippen molar-refractivity contribution < 1.29 is 0 Å². The highest BCUT2D eigenvalue weighted by molar-refractivity contribution is 5.16. The first-order valence-electron chi connectivity index (χ1n) is 8.82. The zero-order valence-electron chi connectivity index (χ0n) is 13.4. The summed E-state index contributed by atoms with van der Waals surface area (Å²) in [6.45, 7) is 6.13. The molecule has 21 heavy (non-hydrogen) atoms. The van der Waals surface area contributed by atoms with Crippen LogP contribution in [0.2, 0.25) is 0 Å². The molecule has 2 atom stereocenters. The summed E-state index contributed by atoms with van der Waals surface area (Å²) in [7, 11) is 0. The molecule has 116 valence electrons. The highest BCUT2D eigenvalue weighted by atomic mass is 15.2. The maximum Gasteiger partial charge on any atom is 0.0235 e. The Balaban J connectivity index is 1.59. The minimum Gasteiger partial charge on any atom is -0.312 e. The molecule has 0 bridgehead atoms. The number of rotatable bonds is 4. The van der Waals surface area contributed by atoms with Crippen molar-refractivity contribution in [3.05, 3.63) is 35.9 Å². The van der Waals surface area contributed by atoms with Gasteiger partial charge in [-0.3, -0.25) is 4.90 Å². The Hall–Kier alpha value is -0.860. The van der Waals surface area contributed by atoms with Gasteiger partial charge in [0.15, 0.2) is 0 Å². The molecular weight excluding hydrogens is 256 g/mol. The lowest BCUT2D eigenvalue weighted by atomic mass is 10.0. The molecule has 2 unspecified atom stereocenters. The minimum absolute atomic E-state index is 0.610. The second-order valence-electron chi connectivity index (χ2n) is 7.08. The van der Waals surface area contributed by atoms with Crippen molar-refractivity contribution >= 4 is 0 Å². The number of hydrogen-bond donors (Lipinski definition) is 1. The second-order valence-corrected chi connectivity index (χ2v) is 7.08.